The van der Waals surface area contributed by atoms with Gasteiger partial charge in [-0.2, -0.15) is 0 Å². The van der Waals surface area contributed by atoms with E-state index < -0.39 is 0 Å². The van der Waals surface area contributed by atoms with Gasteiger partial charge in [0.25, 0.3) is 0 Å². The molecule has 0 saturated carbocycles. The summed E-state index contributed by atoms with van der Waals surface area (Å²) in [5.74, 6) is 0.213. The third-order valence-electron chi connectivity index (χ3n) is 2.62. The first kappa shape index (κ1) is 13.5. The number of esters is 1. The van der Waals surface area contributed by atoms with Gasteiger partial charge < -0.3 is 4.74 Å². The molecule has 1 rings (SSSR count). The van der Waals surface area contributed by atoms with E-state index >= 15 is 0 Å². The van der Waals surface area contributed by atoms with Crippen molar-refractivity contribution >= 4 is 12.0 Å². The van der Waals surface area contributed by atoms with E-state index in [2.05, 4.69) is 26.0 Å². The van der Waals surface area contributed by atoms with E-state index in [0.29, 0.717) is 12.5 Å². The molecule has 0 aromatic heterocycles. The molecule has 0 aliphatic carbocycles. The molecule has 0 radical (unpaired) electrons. The summed E-state index contributed by atoms with van der Waals surface area (Å²) in [6.45, 7) is 8.10. The van der Waals surface area contributed by atoms with Crippen LogP contribution in [0.15, 0.2) is 24.3 Å². The summed E-state index contributed by atoms with van der Waals surface area (Å²) in [5, 5.41) is 0. The molecule has 0 bridgehead atoms. The van der Waals surface area contributed by atoms with Crippen LogP contribution in [-0.4, -0.2) is 5.97 Å². The lowest BCUT2D eigenvalue weighted by molar-refractivity contribution is -0.142. The highest BCUT2D eigenvalue weighted by Gasteiger charge is 2.09. The van der Waals surface area contributed by atoms with Crippen LogP contribution in [0.2, 0.25) is 0 Å². The van der Waals surface area contributed by atoms with Gasteiger partial charge in [-0.15, -0.1) is 0 Å². The molecule has 92 valence electrons. The second-order valence-corrected chi connectivity index (χ2v) is 4.35. The fourth-order valence-corrected chi connectivity index (χ4v) is 1.81. The average Bonchev–Trinajstić information content (AvgIpc) is 2.27. The largest absolute Gasteiger partial charge is 0.461 e. The maximum absolute atomic E-state index is 10.9. The van der Waals surface area contributed by atoms with Gasteiger partial charge >= 0.3 is 5.97 Å². The van der Waals surface area contributed by atoms with Crippen LogP contribution in [0, 0.1) is 0 Å². The summed E-state index contributed by atoms with van der Waals surface area (Å²) in [6.07, 6.45) is 4.09. The van der Waals surface area contributed by atoms with Crippen molar-refractivity contribution in [1.82, 2.24) is 0 Å². The Labute approximate surface area is 103 Å². The van der Waals surface area contributed by atoms with E-state index in [4.69, 9.17) is 4.74 Å². The summed E-state index contributed by atoms with van der Waals surface area (Å²) in [6, 6.07) is 6.14. The Morgan fingerprint density at radius 3 is 2.65 bits per heavy atom. The van der Waals surface area contributed by atoms with E-state index in [1.165, 1.54) is 18.1 Å². The number of carbonyl (C=O) groups is 1. The van der Waals surface area contributed by atoms with Gasteiger partial charge in [0, 0.05) is 6.92 Å². The molecule has 2 nitrogen and oxygen atoms in total. The maximum Gasteiger partial charge on any atom is 0.302 e. The van der Waals surface area contributed by atoms with Crippen molar-refractivity contribution in [1.29, 1.82) is 0 Å². The van der Waals surface area contributed by atoms with Gasteiger partial charge in [0.05, 0.1) is 0 Å². The van der Waals surface area contributed by atoms with Gasteiger partial charge in [0.15, 0.2) is 0 Å². The molecule has 0 fully saturated rings. The number of benzene rings is 1. The maximum atomic E-state index is 10.9. The van der Waals surface area contributed by atoms with Crippen molar-refractivity contribution in [3.63, 3.8) is 0 Å². The molecule has 0 aliphatic heterocycles. The second-order valence-electron chi connectivity index (χ2n) is 4.35. The Morgan fingerprint density at radius 1 is 1.41 bits per heavy atom. The third-order valence-corrected chi connectivity index (χ3v) is 2.62. The van der Waals surface area contributed by atoms with Gasteiger partial charge in [0.1, 0.15) is 6.61 Å². The first-order valence-electron chi connectivity index (χ1n) is 5.94. The standard InChI is InChI=1S/C15H20O2/c1-5-7-15-13(10-17-12(4)16)8-6-9-14(15)11(2)3/h5-9,11H,10H2,1-4H3/b7-5-. The molecule has 0 amide bonds. The van der Waals surface area contributed by atoms with Crippen LogP contribution in [0.3, 0.4) is 0 Å². The van der Waals surface area contributed by atoms with Gasteiger partial charge in [-0.25, -0.2) is 0 Å². The molecule has 0 heterocycles. The van der Waals surface area contributed by atoms with Crippen molar-refractivity contribution in [2.75, 3.05) is 0 Å². The Bertz CT molecular complexity index is 417. The van der Waals surface area contributed by atoms with Crippen molar-refractivity contribution in [2.24, 2.45) is 0 Å². The molecule has 0 atom stereocenters. The lowest BCUT2D eigenvalue weighted by Crippen LogP contribution is -2.03. The highest BCUT2D eigenvalue weighted by atomic mass is 16.5. The van der Waals surface area contributed by atoms with Crippen LogP contribution >= 0.6 is 0 Å². The number of carbonyl (C=O) groups excluding carboxylic acids is 1. The minimum Gasteiger partial charge on any atom is -0.461 e. The molecule has 0 spiro atoms. The van der Waals surface area contributed by atoms with Crippen LogP contribution in [0.5, 0.6) is 0 Å². The smallest absolute Gasteiger partial charge is 0.302 e. The molecule has 1 aromatic carbocycles. The Hall–Kier alpha value is -1.57. The zero-order valence-corrected chi connectivity index (χ0v) is 11.0. The van der Waals surface area contributed by atoms with Crippen LogP contribution in [-0.2, 0) is 16.1 Å². The summed E-state index contributed by atoms with van der Waals surface area (Å²) < 4.78 is 5.08. The third kappa shape index (κ3) is 3.74. The summed E-state index contributed by atoms with van der Waals surface area (Å²) in [7, 11) is 0. The molecule has 17 heavy (non-hydrogen) atoms. The Balaban J connectivity index is 3.10. The number of hydrogen-bond donors (Lipinski definition) is 0. The van der Waals surface area contributed by atoms with Crippen molar-refractivity contribution in [2.45, 2.75) is 40.2 Å². The van der Waals surface area contributed by atoms with Gasteiger partial charge in [-0.3, -0.25) is 4.79 Å². The van der Waals surface area contributed by atoms with Crippen molar-refractivity contribution in [3.8, 4) is 0 Å². The molecule has 0 saturated heterocycles. The van der Waals surface area contributed by atoms with E-state index in [1.807, 2.05) is 25.1 Å². The fraction of sp³-hybridized carbons (Fsp3) is 0.400. The molecular weight excluding hydrogens is 212 g/mol. The first-order valence-corrected chi connectivity index (χ1v) is 5.94. The van der Waals surface area contributed by atoms with Crippen molar-refractivity contribution in [3.05, 3.63) is 41.0 Å². The van der Waals surface area contributed by atoms with E-state index in [1.54, 1.807) is 0 Å². The predicted octanol–water partition coefficient (Wildman–Crippen LogP) is 3.91. The van der Waals surface area contributed by atoms with Crippen LogP contribution < -0.4 is 0 Å². The molecule has 0 aliphatic rings. The molecular formula is C15H20O2. The summed E-state index contributed by atoms with van der Waals surface area (Å²) in [5.41, 5.74) is 3.52. The van der Waals surface area contributed by atoms with Gasteiger partial charge in [0.2, 0.25) is 0 Å². The van der Waals surface area contributed by atoms with E-state index in [-0.39, 0.29) is 5.97 Å². The average molecular weight is 232 g/mol. The van der Waals surface area contributed by atoms with Crippen LogP contribution in [0.25, 0.3) is 6.08 Å². The minimum atomic E-state index is -0.244. The van der Waals surface area contributed by atoms with Crippen LogP contribution in [0.4, 0.5) is 0 Å². The fourth-order valence-electron chi connectivity index (χ4n) is 1.81. The zero-order chi connectivity index (χ0) is 12.8. The number of ether oxygens (including phenoxy) is 1. The summed E-state index contributed by atoms with van der Waals surface area (Å²) >= 11 is 0. The Morgan fingerprint density at radius 2 is 2.12 bits per heavy atom. The van der Waals surface area contributed by atoms with Gasteiger partial charge in [-0.05, 0) is 29.5 Å². The summed E-state index contributed by atoms with van der Waals surface area (Å²) in [4.78, 5) is 10.9. The number of rotatable bonds is 4. The monoisotopic (exact) mass is 232 g/mol. The highest BCUT2D eigenvalue weighted by Crippen LogP contribution is 2.24. The quantitative estimate of drug-likeness (QED) is 0.736. The van der Waals surface area contributed by atoms with Crippen molar-refractivity contribution < 1.29 is 9.53 Å². The topological polar surface area (TPSA) is 26.3 Å². The normalized spacial score (nSPS) is 11.1. The molecule has 0 N–H and O–H groups in total. The molecule has 2 heteroatoms. The molecule has 0 unspecified atom stereocenters. The minimum absolute atomic E-state index is 0.244. The van der Waals surface area contributed by atoms with E-state index in [0.717, 1.165) is 5.56 Å². The van der Waals surface area contributed by atoms with Crippen LogP contribution in [0.1, 0.15) is 50.3 Å². The number of hydrogen-bond acceptors (Lipinski definition) is 2. The molecule has 1 aromatic rings. The van der Waals surface area contributed by atoms with Gasteiger partial charge in [-0.1, -0.05) is 44.2 Å². The highest BCUT2D eigenvalue weighted by molar-refractivity contribution is 5.66. The lowest BCUT2D eigenvalue weighted by Gasteiger charge is -2.14. The predicted molar refractivity (Wildman–Crippen MR) is 70.7 cm³/mol. The Kier molecular flexibility index (Phi) is 4.95. The number of allylic oxidation sites excluding steroid dienone is 1. The van der Waals surface area contributed by atoms with E-state index in [9.17, 15) is 4.79 Å². The SMILES string of the molecule is C/C=C\c1c(COC(C)=O)cccc1C(C)C. The second kappa shape index (κ2) is 6.24. The zero-order valence-electron chi connectivity index (χ0n) is 11.0. The lowest BCUT2D eigenvalue weighted by atomic mass is 9.93. The first-order chi connectivity index (χ1) is 8.06.